The van der Waals surface area contributed by atoms with Crippen molar-refractivity contribution in [3.8, 4) is 0 Å². The second kappa shape index (κ2) is 6.91. The standard InChI is InChI=1S/C12H15ClN2O2/c1-9-4-2-5-10(8-9)15-12(17)11(16)14-7-3-6-13/h2,4-5,8H,3,6-7H2,1H3,(H,14,16)(H,15,17). The number of hydrogen-bond donors (Lipinski definition) is 2. The molecule has 4 nitrogen and oxygen atoms in total. The first-order chi connectivity index (χ1) is 8.13. The number of amides is 2. The van der Waals surface area contributed by atoms with E-state index in [0.29, 0.717) is 24.5 Å². The van der Waals surface area contributed by atoms with E-state index < -0.39 is 11.8 Å². The molecule has 0 bridgehead atoms. The number of nitrogens with one attached hydrogen (secondary N) is 2. The summed E-state index contributed by atoms with van der Waals surface area (Å²) in [7, 11) is 0. The van der Waals surface area contributed by atoms with Crippen molar-refractivity contribution in [1.82, 2.24) is 5.32 Å². The van der Waals surface area contributed by atoms with Gasteiger partial charge in [-0.05, 0) is 31.0 Å². The molecule has 0 unspecified atom stereocenters. The van der Waals surface area contributed by atoms with E-state index in [1.807, 2.05) is 19.1 Å². The molecule has 0 aliphatic rings. The van der Waals surface area contributed by atoms with Crippen LogP contribution in [0.4, 0.5) is 5.69 Å². The summed E-state index contributed by atoms with van der Waals surface area (Å²) in [6.07, 6.45) is 0.644. The van der Waals surface area contributed by atoms with Crippen molar-refractivity contribution in [3.05, 3.63) is 29.8 Å². The SMILES string of the molecule is Cc1cccc(NC(=O)C(=O)NCCCCl)c1. The maximum atomic E-state index is 11.5. The highest BCUT2D eigenvalue weighted by Gasteiger charge is 2.12. The lowest BCUT2D eigenvalue weighted by Crippen LogP contribution is -2.36. The molecule has 92 valence electrons. The highest BCUT2D eigenvalue weighted by atomic mass is 35.5. The zero-order valence-corrected chi connectivity index (χ0v) is 10.4. The van der Waals surface area contributed by atoms with Crippen LogP contribution in [0.15, 0.2) is 24.3 Å². The average molecular weight is 255 g/mol. The van der Waals surface area contributed by atoms with E-state index in [0.717, 1.165) is 5.56 Å². The van der Waals surface area contributed by atoms with E-state index in [2.05, 4.69) is 10.6 Å². The van der Waals surface area contributed by atoms with Gasteiger partial charge in [-0.2, -0.15) is 0 Å². The van der Waals surface area contributed by atoms with Crippen LogP contribution >= 0.6 is 11.6 Å². The smallest absolute Gasteiger partial charge is 0.313 e. The predicted octanol–water partition coefficient (Wildman–Crippen LogP) is 1.68. The molecule has 0 saturated carbocycles. The van der Waals surface area contributed by atoms with Crippen molar-refractivity contribution < 1.29 is 9.59 Å². The van der Waals surface area contributed by atoms with Gasteiger partial charge in [-0.3, -0.25) is 9.59 Å². The molecule has 0 fully saturated rings. The second-order valence-electron chi connectivity index (χ2n) is 3.62. The maximum Gasteiger partial charge on any atom is 0.313 e. The first kappa shape index (κ1) is 13.5. The van der Waals surface area contributed by atoms with Crippen LogP contribution in [0.25, 0.3) is 0 Å². The van der Waals surface area contributed by atoms with Crippen LogP contribution in [0.3, 0.4) is 0 Å². The van der Waals surface area contributed by atoms with E-state index in [4.69, 9.17) is 11.6 Å². The Labute approximate surface area is 105 Å². The Morgan fingerprint density at radius 2 is 2.06 bits per heavy atom. The van der Waals surface area contributed by atoms with Gasteiger partial charge >= 0.3 is 11.8 Å². The number of alkyl halides is 1. The highest BCUT2D eigenvalue weighted by Crippen LogP contribution is 2.08. The number of carbonyl (C=O) groups excluding carboxylic acids is 2. The van der Waals surface area contributed by atoms with Gasteiger partial charge in [-0.1, -0.05) is 12.1 Å². The lowest BCUT2D eigenvalue weighted by atomic mass is 10.2. The summed E-state index contributed by atoms with van der Waals surface area (Å²) in [5, 5.41) is 5.01. The number of rotatable bonds is 4. The molecule has 0 aromatic heterocycles. The van der Waals surface area contributed by atoms with Gasteiger partial charge in [-0.15, -0.1) is 11.6 Å². The molecular weight excluding hydrogens is 240 g/mol. The molecule has 0 aliphatic carbocycles. The van der Waals surface area contributed by atoms with Gasteiger partial charge in [0.1, 0.15) is 0 Å². The van der Waals surface area contributed by atoms with Crippen molar-refractivity contribution >= 4 is 29.1 Å². The molecule has 0 heterocycles. The van der Waals surface area contributed by atoms with Crippen molar-refractivity contribution in [1.29, 1.82) is 0 Å². The maximum absolute atomic E-state index is 11.5. The Kier molecular flexibility index (Phi) is 5.49. The van der Waals surface area contributed by atoms with E-state index in [9.17, 15) is 9.59 Å². The molecule has 0 aliphatic heterocycles. The van der Waals surface area contributed by atoms with Crippen molar-refractivity contribution in [2.24, 2.45) is 0 Å². The number of aryl methyl sites for hydroxylation is 1. The van der Waals surface area contributed by atoms with E-state index in [1.54, 1.807) is 12.1 Å². The largest absolute Gasteiger partial charge is 0.348 e. The summed E-state index contributed by atoms with van der Waals surface area (Å²) in [4.78, 5) is 22.8. The third-order valence-electron chi connectivity index (χ3n) is 2.08. The minimum Gasteiger partial charge on any atom is -0.348 e. The lowest BCUT2D eigenvalue weighted by molar-refractivity contribution is -0.136. The molecule has 17 heavy (non-hydrogen) atoms. The number of carbonyl (C=O) groups is 2. The third-order valence-corrected chi connectivity index (χ3v) is 2.35. The van der Waals surface area contributed by atoms with Gasteiger partial charge in [0.15, 0.2) is 0 Å². The minimum absolute atomic E-state index is 0.406. The lowest BCUT2D eigenvalue weighted by Gasteiger charge is -2.06. The van der Waals surface area contributed by atoms with Crippen molar-refractivity contribution in [2.75, 3.05) is 17.7 Å². The third kappa shape index (κ3) is 4.87. The Bertz CT molecular complexity index is 407. The number of anilines is 1. The topological polar surface area (TPSA) is 58.2 Å². The molecule has 2 N–H and O–H groups in total. The van der Waals surface area contributed by atoms with Gasteiger partial charge < -0.3 is 10.6 Å². The number of halogens is 1. The molecule has 2 amide bonds. The summed E-state index contributed by atoms with van der Waals surface area (Å²) < 4.78 is 0. The molecular formula is C12H15ClN2O2. The number of hydrogen-bond acceptors (Lipinski definition) is 2. The fraction of sp³-hybridized carbons (Fsp3) is 0.333. The van der Waals surface area contributed by atoms with Gasteiger partial charge in [0.2, 0.25) is 0 Å². The molecule has 1 rings (SSSR count). The van der Waals surface area contributed by atoms with Gasteiger partial charge in [0.25, 0.3) is 0 Å². The Morgan fingerprint density at radius 1 is 1.29 bits per heavy atom. The van der Waals surface area contributed by atoms with E-state index in [-0.39, 0.29) is 0 Å². The zero-order chi connectivity index (χ0) is 12.7. The molecule has 1 aromatic rings. The van der Waals surface area contributed by atoms with Crippen molar-refractivity contribution in [2.45, 2.75) is 13.3 Å². The Hall–Kier alpha value is -1.55. The zero-order valence-electron chi connectivity index (χ0n) is 9.63. The van der Waals surface area contributed by atoms with E-state index in [1.165, 1.54) is 0 Å². The fourth-order valence-corrected chi connectivity index (χ4v) is 1.39. The summed E-state index contributed by atoms with van der Waals surface area (Å²) in [5.41, 5.74) is 1.63. The van der Waals surface area contributed by atoms with Crippen molar-refractivity contribution in [3.63, 3.8) is 0 Å². The first-order valence-corrected chi connectivity index (χ1v) is 5.88. The normalized spacial score (nSPS) is 9.76. The summed E-state index contributed by atoms with van der Waals surface area (Å²) in [5.74, 6) is -0.846. The van der Waals surface area contributed by atoms with Crippen LogP contribution in [0.1, 0.15) is 12.0 Å². The van der Waals surface area contributed by atoms with Crippen LogP contribution in [-0.2, 0) is 9.59 Å². The monoisotopic (exact) mass is 254 g/mol. The van der Waals surface area contributed by atoms with Crippen LogP contribution in [0.2, 0.25) is 0 Å². The molecule has 5 heteroatoms. The van der Waals surface area contributed by atoms with E-state index >= 15 is 0 Å². The summed E-state index contributed by atoms with van der Waals surface area (Å²) >= 11 is 5.46. The Balaban J connectivity index is 2.46. The highest BCUT2D eigenvalue weighted by molar-refractivity contribution is 6.39. The predicted molar refractivity (Wildman–Crippen MR) is 68.2 cm³/mol. The van der Waals surface area contributed by atoms with Gasteiger partial charge in [-0.25, -0.2) is 0 Å². The molecule has 0 atom stereocenters. The first-order valence-electron chi connectivity index (χ1n) is 5.35. The molecule has 1 aromatic carbocycles. The second-order valence-corrected chi connectivity index (χ2v) is 4.00. The summed E-state index contributed by atoms with van der Waals surface area (Å²) in [6, 6.07) is 7.26. The fourth-order valence-electron chi connectivity index (χ4n) is 1.26. The van der Waals surface area contributed by atoms with Crippen LogP contribution in [-0.4, -0.2) is 24.2 Å². The van der Waals surface area contributed by atoms with Gasteiger partial charge in [0.05, 0.1) is 0 Å². The number of benzene rings is 1. The quantitative estimate of drug-likeness (QED) is 0.488. The Morgan fingerprint density at radius 3 is 2.71 bits per heavy atom. The molecule has 0 radical (unpaired) electrons. The minimum atomic E-state index is -0.662. The van der Waals surface area contributed by atoms with Gasteiger partial charge in [0, 0.05) is 18.1 Å². The average Bonchev–Trinajstić information content (AvgIpc) is 2.29. The molecule has 0 saturated heterocycles. The van der Waals surface area contributed by atoms with Crippen LogP contribution in [0, 0.1) is 6.92 Å². The van der Waals surface area contributed by atoms with Crippen LogP contribution < -0.4 is 10.6 Å². The molecule has 0 spiro atoms. The summed E-state index contributed by atoms with van der Waals surface area (Å²) in [6.45, 7) is 2.32. The van der Waals surface area contributed by atoms with Crippen LogP contribution in [0.5, 0.6) is 0 Å².